The quantitative estimate of drug-likeness (QED) is 0.443. The summed E-state index contributed by atoms with van der Waals surface area (Å²) in [7, 11) is 1.74. The summed E-state index contributed by atoms with van der Waals surface area (Å²) in [6, 6.07) is 0.522. The van der Waals surface area contributed by atoms with Crippen molar-refractivity contribution in [2.45, 2.75) is 64.8 Å². The number of rotatable bonds is 6. The van der Waals surface area contributed by atoms with Crippen LogP contribution in [-0.4, -0.2) is 32.3 Å². The van der Waals surface area contributed by atoms with E-state index >= 15 is 0 Å². The highest BCUT2D eigenvalue weighted by molar-refractivity contribution is 5.78. The average molecular weight is 269 g/mol. The standard InChI is InChI=1S/C15H31N3O/c1-15(2,10-11-19-3)12-17-14(16)18-13-8-6-4-5-7-9-13/h13H,4-12H2,1-3H3,(H3,16,17,18). The molecular formula is C15H31N3O. The molecule has 0 aliphatic heterocycles. The van der Waals surface area contributed by atoms with Gasteiger partial charge in [0, 0.05) is 26.3 Å². The van der Waals surface area contributed by atoms with Gasteiger partial charge in [0.2, 0.25) is 0 Å². The zero-order valence-corrected chi connectivity index (χ0v) is 12.9. The van der Waals surface area contributed by atoms with Gasteiger partial charge in [0.05, 0.1) is 0 Å². The summed E-state index contributed by atoms with van der Waals surface area (Å²) in [6.07, 6.45) is 8.80. The van der Waals surface area contributed by atoms with Gasteiger partial charge in [-0.15, -0.1) is 0 Å². The summed E-state index contributed by atoms with van der Waals surface area (Å²) >= 11 is 0. The Kier molecular flexibility index (Phi) is 7.21. The van der Waals surface area contributed by atoms with Crippen LogP contribution in [0, 0.1) is 5.41 Å². The molecule has 0 amide bonds. The van der Waals surface area contributed by atoms with Crippen LogP contribution < -0.4 is 11.1 Å². The molecule has 4 nitrogen and oxygen atoms in total. The van der Waals surface area contributed by atoms with Crippen LogP contribution in [0.2, 0.25) is 0 Å². The van der Waals surface area contributed by atoms with E-state index in [1.165, 1.54) is 38.5 Å². The van der Waals surface area contributed by atoms with Crippen LogP contribution in [0.3, 0.4) is 0 Å². The molecule has 4 heteroatoms. The van der Waals surface area contributed by atoms with Crippen molar-refractivity contribution < 1.29 is 4.74 Å². The molecule has 3 N–H and O–H groups in total. The van der Waals surface area contributed by atoms with Crippen LogP contribution in [0.15, 0.2) is 4.99 Å². The molecule has 0 unspecified atom stereocenters. The minimum Gasteiger partial charge on any atom is -0.385 e. The van der Waals surface area contributed by atoms with Crippen LogP contribution in [0.25, 0.3) is 0 Å². The first kappa shape index (κ1) is 16.3. The van der Waals surface area contributed by atoms with Gasteiger partial charge in [0.15, 0.2) is 5.96 Å². The molecule has 0 aromatic carbocycles. The summed E-state index contributed by atoms with van der Waals surface area (Å²) in [4.78, 5) is 4.50. The van der Waals surface area contributed by atoms with E-state index < -0.39 is 0 Å². The number of nitrogens with two attached hydrogens (primary N) is 1. The van der Waals surface area contributed by atoms with Gasteiger partial charge >= 0.3 is 0 Å². The van der Waals surface area contributed by atoms with Crippen molar-refractivity contribution in [1.29, 1.82) is 0 Å². The molecule has 0 aromatic rings. The van der Waals surface area contributed by atoms with E-state index in [4.69, 9.17) is 10.5 Å². The maximum absolute atomic E-state index is 6.00. The van der Waals surface area contributed by atoms with Gasteiger partial charge in [0.25, 0.3) is 0 Å². The number of aliphatic imine (C=N–C) groups is 1. The molecule has 0 heterocycles. The monoisotopic (exact) mass is 269 g/mol. The summed E-state index contributed by atoms with van der Waals surface area (Å²) in [5, 5.41) is 3.38. The van der Waals surface area contributed by atoms with Gasteiger partial charge in [-0.2, -0.15) is 0 Å². The van der Waals surface area contributed by atoms with E-state index in [1.807, 2.05) is 0 Å². The van der Waals surface area contributed by atoms with Crippen molar-refractivity contribution in [2.75, 3.05) is 20.3 Å². The van der Waals surface area contributed by atoms with Crippen molar-refractivity contribution >= 4 is 5.96 Å². The molecule has 0 aromatic heterocycles. The average Bonchev–Trinajstić information content (AvgIpc) is 2.63. The Hall–Kier alpha value is -0.770. The molecule has 1 fully saturated rings. The lowest BCUT2D eigenvalue weighted by Crippen LogP contribution is -2.40. The van der Waals surface area contributed by atoms with E-state index in [1.54, 1.807) is 7.11 Å². The maximum Gasteiger partial charge on any atom is 0.188 e. The predicted molar refractivity (Wildman–Crippen MR) is 81.4 cm³/mol. The highest BCUT2D eigenvalue weighted by atomic mass is 16.5. The van der Waals surface area contributed by atoms with E-state index in [-0.39, 0.29) is 5.41 Å². The molecule has 1 rings (SSSR count). The fourth-order valence-corrected chi connectivity index (χ4v) is 2.44. The van der Waals surface area contributed by atoms with Crippen molar-refractivity contribution in [1.82, 2.24) is 5.32 Å². The highest BCUT2D eigenvalue weighted by Gasteiger charge is 2.17. The first-order valence-electron chi connectivity index (χ1n) is 7.59. The summed E-state index contributed by atoms with van der Waals surface area (Å²) in [6.45, 7) is 5.93. The topological polar surface area (TPSA) is 59.6 Å². The molecule has 0 saturated heterocycles. The SMILES string of the molecule is COCCC(C)(C)CN=C(N)NC1CCCCCC1. The van der Waals surface area contributed by atoms with Crippen LogP contribution >= 0.6 is 0 Å². The lowest BCUT2D eigenvalue weighted by Gasteiger charge is -2.23. The molecule has 1 aliphatic carbocycles. The Labute approximate surface area is 118 Å². The molecular weight excluding hydrogens is 238 g/mol. The minimum atomic E-state index is 0.145. The molecule has 0 spiro atoms. The molecule has 0 bridgehead atoms. The van der Waals surface area contributed by atoms with Gasteiger partial charge in [-0.05, 0) is 24.7 Å². The molecule has 0 atom stereocenters. The number of hydrogen-bond donors (Lipinski definition) is 2. The Balaban J connectivity index is 2.34. The Morgan fingerprint density at radius 2 is 1.89 bits per heavy atom. The van der Waals surface area contributed by atoms with E-state index in [0.717, 1.165) is 19.6 Å². The summed E-state index contributed by atoms with van der Waals surface area (Å²) in [5.41, 5.74) is 6.14. The third-order valence-electron chi connectivity index (χ3n) is 3.87. The first-order chi connectivity index (χ1) is 9.03. The Morgan fingerprint density at radius 3 is 2.47 bits per heavy atom. The largest absolute Gasteiger partial charge is 0.385 e. The van der Waals surface area contributed by atoms with E-state index in [9.17, 15) is 0 Å². The van der Waals surface area contributed by atoms with Crippen LogP contribution in [0.1, 0.15) is 58.8 Å². The Bertz CT molecular complexity index is 269. The predicted octanol–water partition coefficient (Wildman–Crippen LogP) is 2.68. The fourth-order valence-electron chi connectivity index (χ4n) is 2.44. The van der Waals surface area contributed by atoms with Crippen LogP contribution in [0.5, 0.6) is 0 Å². The van der Waals surface area contributed by atoms with E-state index in [2.05, 4.69) is 24.2 Å². The normalized spacial score (nSPS) is 19.2. The summed E-state index contributed by atoms with van der Waals surface area (Å²) in [5.74, 6) is 0.609. The lowest BCUT2D eigenvalue weighted by molar-refractivity contribution is 0.155. The zero-order valence-electron chi connectivity index (χ0n) is 12.9. The maximum atomic E-state index is 6.00. The third kappa shape index (κ3) is 7.41. The number of nitrogens with one attached hydrogen (secondary N) is 1. The van der Waals surface area contributed by atoms with Crippen LogP contribution in [0.4, 0.5) is 0 Å². The smallest absolute Gasteiger partial charge is 0.188 e. The van der Waals surface area contributed by atoms with Crippen molar-refractivity contribution in [3.05, 3.63) is 0 Å². The fraction of sp³-hybridized carbons (Fsp3) is 0.933. The summed E-state index contributed by atoms with van der Waals surface area (Å²) < 4.78 is 5.12. The third-order valence-corrected chi connectivity index (χ3v) is 3.87. The number of nitrogens with zero attached hydrogens (tertiary/aromatic N) is 1. The van der Waals surface area contributed by atoms with Gasteiger partial charge in [-0.1, -0.05) is 39.5 Å². The second-order valence-electron chi connectivity index (χ2n) is 6.44. The van der Waals surface area contributed by atoms with Gasteiger partial charge in [-0.25, -0.2) is 0 Å². The van der Waals surface area contributed by atoms with Crippen LogP contribution in [-0.2, 0) is 4.74 Å². The lowest BCUT2D eigenvalue weighted by atomic mass is 9.90. The molecule has 112 valence electrons. The van der Waals surface area contributed by atoms with Crippen molar-refractivity contribution in [3.63, 3.8) is 0 Å². The molecule has 1 aliphatic rings. The van der Waals surface area contributed by atoms with Gasteiger partial charge < -0.3 is 15.8 Å². The van der Waals surface area contributed by atoms with E-state index in [0.29, 0.717) is 12.0 Å². The van der Waals surface area contributed by atoms with Crippen molar-refractivity contribution in [3.8, 4) is 0 Å². The number of guanidine groups is 1. The second-order valence-corrected chi connectivity index (χ2v) is 6.44. The van der Waals surface area contributed by atoms with Gasteiger partial charge in [0.1, 0.15) is 0 Å². The first-order valence-corrected chi connectivity index (χ1v) is 7.59. The molecule has 19 heavy (non-hydrogen) atoms. The van der Waals surface area contributed by atoms with Gasteiger partial charge in [-0.3, -0.25) is 4.99 Å². The molecule has 0 radical (unpaired) electrons. The highest BCUT2D eigenvalue weighted by Crippen LogP contribution is 2.20. The number of hydrogen-bond acceptors (Lipinski definition) is 2. The van der Waals surface area contributed by atoms with Crippen molar-refractivity contribution in [2.24, 2.45) is 16.1 Å². The Morgan fingerprint density at radius 1 is 1.26 bits per heavy atom. The molecule has 1 saturated carbocycles. The minimum absolute atomic E-state index is 0.145. The zero-order chi connectivity index (χ0) is 14.1. The number of methoxy groups -OCH3 is 1. The second kappa shape index (κ2) is 8.41. The number of ether oxygens (including phenoxy) is 1.